The Morgan fingerprint density at radius 1 is 0.500 bits per heavy atom. The van der Waals surface area contributed by atoms with E-state index in [1.807, 2.05) is 0 Å². The minimum atomic E-state index is 0. The molecule has 0 spiro atoms. The van der Waals surface area contributed by atoms with Crippen molar-refractivity contribution in [3.63, 3.8) is 0 Å². The van der Waals surface area contributed by atoms with Gasteiger partial charge in [0.05, 0.1) is 0 Å². The molecular formula is CuO4U-6. The third kappa shape index (κ3) is 52.9. The first kappa shape index (κ1) is 153. The van der Waals surface area contributed by atoms with Gasteiger partial charge in [0.15, 0.2) is 0 Å². The van der Waals surface area contributed by atoms with Crippen molar-refractivity contribution in [1.82, 2.24) is 0 Å². The maximum Gasteiger partial charge on any atom is 2.00 e. The monoisotopic (exact) mass is 365 g/mol. The molecule has 1 radical (unpaired) electrons. The van der Waals surface area contributed by atoms with Gasteiger partial charge in [-0.15, -0.1) is 0 Å². The van der Waals surface area contributed by atoms with Crippen LogP contribution in [0.4, 0.5) is 0 Å². The molecule has 45 valence electrons. The summed E-state index contributed by atoms with van der Waals surface area (Å²) in [6.07, 6.45) is 0. The van der Waals surface area contributed by atoms with Gasteiger partial charge in [-0.3, -0.25) is 0 Å². The van der Waals surface area contributed by atoms with Gasteiger partial charge in [-0.2, -0.15) is 0 Å². The van der Waals surface area contributed by atoms with Crippen LogP contribution in [0.25, 0.3) is 0 Å². The first-order chi connectivity index (χ1) is 0. The van der Waals surface area contributed by atoms with Crippen LogP contribution in [0.1, 0.15) is 0 Å². The van der Waals surface area contributed by atoms with E-state index in [4.69, 9.17) is 0 Å². The van der Waals surface area contributed by atoms with Crippen LogP contribution >= 0.6 is 0 Å². The molecule has 0 unspecified atom stereocenters. The minimum Gasteiger partial charge on any atom is -2.00 e. The fraction of sp³-hybridized carbons (Fsp3) is 0. The molecule has 4 nitrogen and oxygen atoms in total. The van der Waals surface area contributed by atoms with Crippen LogP contribution in [-0.4, -0.2) is 0 Å². The summed E-state index contributed by atoms with van der Waals surface area (Å²) in [4.78, 5) is 0. The zero-order valence-electron chi connectivity index (χ0n) is 2.43. The second-order valence-electron chi connectivity index (χ2n) is 0. The van der Waals surface area contributed by atoms with E-state index in [9.17, 15) is 0 Å². The third-order valence-electron chi connectivity index (χ3n) is 0. The number of rotatable bonds is 0. The van der Waals surface area contributed by atoms with Crippen LogP contribution in [0.5, 0.6) is 0 Å². The molecule has 6 heavy (non-hydrogen) atoms. The summed E-state index contributed by atoms with van der Waals surface area (Å²) in [7, 11) is 0. The normalized spacial score (nSPS) is 0. The molecule has 0 aliphatic rings. The summed E-state index contributed by atoms with van der Waals surface area (Å²) < 4.78 is 0. The van der Waals surface area contributed by atoms with Crippen molar-refractivity contribution in [2.45, 2.75) is 0 Å². The molecule has 0 aromatic rings. The van der Waals surface area contributed by atoms with Gasteiger partial charge in [0, 0.05) is 31.1 Å². The van der Waals surface area contributed by atoms with Crippen molar-refractivity contribution >= 4 is 0 Å². The third-order valence-corrected chi connectivity index (χ3v) is 0. The molecule has 0 saturated heterocycles. The molecular weight excluding hydrogens is 366 g/mol. The molecule has 0 heterocycles. The fourth-order valence-electron chi connectivity index (χ4n) is 0. The summed E-state index contributed by atoms with van der Waals surface area (Å²) in [6, 6.07) is 0. The second-order valence-corrected chi connectivity index (χ2v) is 0. The average Bonchev–Trinajstić information content (AvgIpc) is 0. The summed E-state index contributed by atoms with van der Waals surface area (Å²) in [5, 5.41) is 0. The van der Waals surface area contributed by atoms with Gasteiger partial charge in [0.25, 0.3) is 0 Å². The van der Waals surface area contributed by atoms with Gasteiger partial charge in [-0.25, -0.2) is 0 Å². The van der Waals surface area contributed by atoms with Gasteiger partial charge < -0.3 is 21.9 Å². The Labute approximate surface area is 69.8 Å². The van der Waals surface area contributed by atoms with E-state index in [0.717, 1.165) is 0 Å². The largest absolute Gasteiger partial charge is 2.00 e. The van der Waals surface area contributed by atoms with Crippen molar-refractivity contribution in [3.05, 3.63) is 0 Å². The van der Waals surface area contributed by atoms with Gasteiger partial charge in [-0.05, 0) is 0 Å². The van der Waals surface area contributed by atoms with Crippen LogP contribution in [0, 0.1) is 31.1 Å². The summed E-state index contributed by atoms with van der Waals surface area (Å²) in [5.74, 6) is 0. The smallest absolute Gasteiger partial charge is 2.00 e. The molecule has 0 aliphatic heterocycles. The molecule has 0 aromatic carbocycles. The molecule has 0 atom stereocenters. The first-order valence-corrected chi connectivity index (χ1v) is 0. The molecule has 0 saturated carbocycles. The van der Waals surface area contributed by atoms with Gasteiger partial charge in [0.2, 0.25) is 0 Å². The molecule has 0 aliphatic carbocycles. The van der Waals surface area contributed by atoms with E-state index in [-0.39, 0.29) is 70.1 Å². The number of hydrogen-bond acceptors (Lipinski definition) is 0. The van der Waals surface area contributed by atoms with Crippen molar-refractivity contribution < 1.29 is 70.1 Å². The van der Waals surface area contributed by atoms with E-state index in [0.29, 0.717) is 0 Å². The van der Waals surface area contributed by atoms with Crippen LogP contribution < -0.4 is 0 Å². The Bertz CT molecular complexity index is 7.51. The predicted molar refractivity (Wildman–Crippen MR) is 2.75 cm³/mol. The first-order valence-electron chi connectivity index (χ1n) is 0. The van der Waals surface area contributed by atoms with E-state index in [2.05, 4.69) is 0 Å². The molecule has 6 heteroatoms. The maximum absolute atomic E-state index is 0. The Hall–Kier alpha value is 1.41. The van der Waals surface area contributed by atoms with Crippen LogP contribution in [0.3, 0.4) is 0 Å². The maximum atomic E-state index is 0. The van der Waals surface area contributed by atoms with Crippen molar-refractivity contribution in [1.29, 1.82) is 0 Å². The average molecular weight is 366 g/mol. The van der Waals surface area contributed by atoms with Crippen LogP contribution in [0.2, 0.25) is 0 Å². The summed E-state index contributed by atoms with van der Waals surface area (Å²) in [5.41, 5.74) is 0. The quantitative estimate of drug-likeness (QED) is 0.516. The van der Waals surface area contributed by atoms with Crippen molar-refractivity contribution in [3.8, 4) is 0 Å². The molecule has 0 amide bonds. The Morgan fingerprint density at radius 2 is 0.500 bits per heavy atom. The van der Waals surface area contributed by atoms with Crippen LogP contribution in [0.15, 0.2) is 0 Å². The minimum absolute atomic E-state index is 0. The van der Waals surface area contributed by atoms with Gasteiger partial charge >= 0.3 is 17.1 Å². The summed E-state index contributed by atoms with van der Waals surface area (Å²) in [6.45, 7) is 0. The zero-order valence-corrected chi connectivity index (χ0v) is 7.54. The van der Waals surface area contributed by atoms with Crippen molar-refractivity contribution in [2.24, 2.45) is 0 Å². The Morgan fingerprint density at radius 3 is 0.500 bits per heavy atom. The molecule has 0 aromatic heterocycles. The van der Waals surface area contributed by atoms with Crippen LogP contribution in [-0.2, 0) is 39.0 Å². The van der Waals surface area contributed by atoms with E-state index >= 15 is 0 Å². The SMILES string of the molecule is [Cu+2].[O-2].[O-2].[O-2].[O-2].[U]. The Kier molecular flexibility index (Phi) is 2400. The molecule has 0 fully saturated rings. The topological polar surface area (TPSA) is 114 Å². The van der Waals surface area contributed by atoms with Gasteiger partial charge in [-0.1, -0.05) is 0 Å². The molecule has 0 bridgehead atoms. The standard InChI is InChI=1S/Cu.4O.U/q+2;4*-2;. The number of hydrogen-bond donors (Lipinski definition) is 0. The molecule has 0 N–H and O–H groups in total. The zero-order chi connectivity index (χ0) is 0. The fourth-order valence-corrected chi connectivity index (χ4v) is 0. The van der Waals surface area contributed by atoms with Crippen molar-refractivity contribution in [2.75, 3.05) is 0 Å². The second kappa shape index (κ2) is 94.2. The molecule has 0 rings (SSSR count). The summed E-state index contributed by atoms with van der Waals surface area (Å²) >= 11 is 0. The predicted octanol–water partition coefficient (Wildman–Crippen LogP) is -0.478. The van der Waals surface area contributed by atoms with Gasteiger partial charge in [0.1, 0.15) is 0 Å². The van der Waals surface area contributed by atoms with E-state index in [1.165, 1.54) is 0 Å². The van der Waals surface area contributed by atoms with E-state index < -0.39 is 0 Å². The Balaban J connectivity index is 0. The van der Waals surface area contributed by atoms with E-state index in [1.54, 1.807) is 0 Å².